The van der Waals surface area contributed by atoms with Crippen molar-refractivity contribution in [2.75, 3.05) is 0 Å². The third-order valence-corrected chi connectivity index (χ3v) is 3.26. The van der Waals surface area contributed by atoms with Crippen molar-refractivity contribution < 1.29 is 10.0 Å². The lowest BCUT2D eigenvalue weighted by molar-refractivity contribution is -0.386. The Morgan fingerprint density at radius 2 is 2.18 bits per heavy atom. The lowest BCUT2D eigenvalue weighted by Gasteiger charge is -2.19. The van der Waals surface area contributed by atoms with Crippen molar-refractivity contribution in [3.63, 3.8) is 0 Å². The summed E-state index contributed by atoms with van der Waals surface area (Å²) in [5.74, 6) is -0.185. The third-order valence-electron chi connectivity index (χ3n) is 3.26. The quantitative estimate of drug-likeness (QED) is 0.496. The van der Waals surface area contributed by atoms with Crippen LogP contribution in [0.15, 0.2) is 18.7 Å². The molecule has 17 heavy (non-hydrogen) atoms. The van der Waals surface area contributed by atoms with Crippen molar-refractivity contribution >= 4 is 5.69 Å². The summed E-state index contributed by atoms with van der Waals surface area (Å²) in [7, 11) is 0. The van der Waals surface area contributed by atoms with E-state index < -0.39 is 4.92 Å². The van der Waals surface area contributed by atoms with Gasteiger partial charge < -0.3 is 5.11 Å². The van der Waals surface area contributed by atoms with Gasteiger partial charge in [0.15, 0.2) is 5.75 Å². The minimum Gasteiger partial charge on any atom is -0.502 e. The molecule has 0 bridgehead atoms. The number of nitrogens with zero attached hydrogens (tertiary/aromatic N) is 1. The molecule has 0 radical (unpaired) electrons. The van der Waals surface area contributed by atoms with Crippen LogP contribution in [0.1, 0.15) is 29.5 Å². The second kappa shape index (κ2) is 4.57. The fourth-order valence-corrected chi connectivity index (χ4v) is 2.47. The summed E-state index contributed by atoms with van der Waals surface area (Å²) in [6, 6.07) is 1.52. The van der Waals surface area contributed by atoms with E-state index in [0.717, 1.165) is 36.8 Å². The van der Waals surface area contributed by atoms with Gasteiger partial charge in [-0.05, 0) is 43.2 Å². The minimum atomic E-state index is -0.517. The molecule has 4 nitrogen and oxygen atoms in total. The molecular formula is C13H15NO3. The van der Waals surface area contributed by atoms with Gasteiger partial charge in [-0.1, -0.05) is 6.08 Å². The molecule has 90 valence electrons. The van der Waals surface area contributed by atoms with Gasteiger partial charge in [0.2, 0.25) is 0 Å². The zero-order valence-electron chi connectivity index (χ0n) is 9.61. The van der Waals surface area contributed by atoms with Crippen LogP contribution in [-0.2, 0) is 19.3 Å². The largest absolute Gasteiger partial charge is 0.502 e. The molecule has 4 heteroatoms. The van der Waals surface area contributed by atoms with Crippen LogP contribution in [0.4, 0.5) is 5.69 Å². The summed E-state index contributed by atoms with van der Waals surface area (Å²) in [5, 5.41) is 20.8. The first-order valence-electron chi connectivity index (χ1n) is 5.77. The van der Waals surface area contributed by atoms with E-state index in [-0.39, 0.29) is 11.4 Å². The highest BCUT2D eigenvalue weighted by molar-refractivity contribution is 5.58. The number of rotatable bonds is 3. The van der Waals surface area contributed by atoms with Gasteiger partial charge in [0, 0.05) is 11.6 Å². The fraction of sp³-hybridized carbons (Fsp3) is 0.385. The van der Waals surface area contributed by atoms with Crippen LogP contribution < -0.4 is 0 Å². The highest BCUT2D eigenvalue weighted by Crippen LogP contribution is 2.38. The van der Waals surface area contributed by atoms with Crippen molar-refractivity contribution in [3.05, 3.63) is 45.5 Å². The Hall–Kier alpha value is -1.84. The first kappa shape index (κ1) is 11.6. The lowest BCUT2D eigenvalue weighted by Crippen LogP contribution is -2.08. The Kier molecular flexibility index (Phi) is 3.13. The first-order valence-corrected chi connectivity index (χ1v) is 5.77. The van der Waals surface area contributed by atoms with Crippen molar-refractivity contribution in [1.82, 2.24) is 0 Å². The second-order valence-electron chi connectivity index (χ2n) is 4.32. The van der Waals surface area contributed by atoms with Gasteiger partial charge in [-0.15, -0.1) is 6.58 Å². The van der Waals surface area contributed by atoms with Crippen LogP contribution in [0.2, 0.25) is 0 Å². The average Bonchev–Trinajstić information content (AvgIpc) is 2.32. The van der Waals surface area contributed by atoms with Crippen LogP contribution in [-0.4, -0.2) is 10.0 Å². The molecular weight excluding hydrogens is 218 g/mol. The Morgan fingerprint density at radius 1 is 1.47 bits per heavy atom. The van der Waals surface area contributed by atoms with Crippen LogP contribution in [0.25, 0.3) is 0 Å². The fourth-order valence-electron chi connectivity index (χ4n) is 2.47. The number of allylic oxidation sites excluding steroid dienone is 1. The normalized spacial score (nSPS) is 14.1. The Balaban J connectivity index is 2.63. The molecule has 0 saturated carbocycles. The van der Waals surface area contributed by atoms with Gasteiger partial charge in [-0.2, -0.15) is 0 Å². The molecule has 2 rings (SSSR count). The van der Waals surface area contributed by atoms with E-state index in [0.29, 0.717) is 12.0 Å². The number of phenols is 1. The number of hydrogen-bond acceptors (Lipinski definition) is 3. The van der Waals surface area contributed by atoms with E-state index in [1.54, 1.807) is 6.08 Å². The van der Waals surface area contributed by atoms with Crippen molar-refractivity contribution in [2.45, 2.75) is 32.1 Å². The molecule has 0 amide bonds. The van der Waals surface area contributed by atoms with E-state index >= 15 is 0 Å². The molecule has 1 aromatic rings. The maximum absolute atomic E-state index is 10.9. The van der Waals surface area contributed by atoms with E-state index in [1.165, 1.54) is 6.07 Å². The molecule has 0 heterocycles. The van der Waals surface area contributed by atoms with Crippen molar-refractivity contribution in [1.29, 1.82) is 0 Å². The summed E-state index contributed by atoms with van der Waals surface area (Å²) in [6.07, 6.45) is 6.05. The second-order valence-corrected chi connectivity index (χ2v) is 4.32. The molecule has 0 fully saturated rings. The zero-order chi connectivity index (χ0) is 12.4. The number of benzene rings is 1. The van der Waals surface area contributed by atoms with Crippen LogP contribution in [0.3, 0.4) is 0 Å². The third kappa shape index (κ3) is 2.02. The molecule has 0 atom stereocenters. The lowest BCUT2D eigenvalue weighted by atomic mass is 9.86. The molecule has 1 N–H and O–H groups in total. The van der Waals surface area contributed by atoms with E-state index in [9.17, 15) is 15.2 Å². The van der Waals surface area contributed by atoms with Crippen molar-refractivity contribution in [2.24, 2.45) is 0 Å². The number of fused-ring (bicyclic) bond motifs is 1. The Bertz CT molecular complexity index is 480. The first-order chi connectivity index (χ1) is 8.15. The highest BCUT2D eigenvalue weighted by Gasteiger charge is 2.24. The molecule has 1 aliphatic carbocycles. The number of hydrogen-bond donors (Lipinski definition) is 1. The van der Waals surface area contributed by atoms with Crippen molar-refractivity contribution in [3.8, 4) is 5.75 Å². The predicted molar refractivity (Wildman–Crippen MR) is 65.3 cm³/mol. The zero-order valence-corrected chi connectivity index (χ0v) is 9.61. The number of nitro benzene ring substituents is 1. The van der Waals surface area contributed by atoms with Gasteiger partial charge in [-0.25, -0.2) is 0 Å². The minimum absolute atomic E-state index is 0.178. The van der Waals surface area contributed by atoms with Gasteiger partial charge in [-0.3, -0.25) is 10.1 Å². The average molecular weight is 233 g/mol. The molecule has 1 aromatic carbocycles. The molecule has 0 saturated heterocycles. The van der Waals surface area contributed by atoms with E-state index in [4.69, 9.17) is 0 Å². The smallest absolute Gasteiger partial charge is 0.311 e. The van der Waals surface area contributed by atoms with Gasteiger partial charge in [0.1, 0.15) is 0 Å². The molecule has 0 aromatic heterocycles. The van der Waals surface area contributed by atoms with E-state index in [1.807, 2.05) is 0 Å². The van der Waals surface area contributed by atoms with E-state index in [2.05, 4.69) is 6.58 Å². The topological polar surface area (TPSA) is 63.4 Å². The Labute approximate surface area is 99.7 Å². The SMILES string of the molecule is C=CCc1c(O)c([N+](=O)[O-])cc2c1CCCC2. The van der Waals surface area contributed by atoms with Gasteiger partial charge in [0.05, 0.1) is 4.92 Å². The molecule has 1 aliphatic rings. The summed E-state index contributed by atoms with van der Waals surface area (Å²) in [4.78, 5) is 10.4. The Morgan fingerprint density at radius 3 is 2.82 bits per heavy atom. The van der Waals surface area contributed by atoms with Crippen LogP contribution in [0.5, 0.6) is 5.75 Å². The predicted octanol–water partition coefficient (Wildman–Crippen LogP) is 2.91. The maximum atomic E-state index is 10.9. The summed E-state index contributed by atoms with van der Waals surface area (Å²) < 4.78 is 0. The molecule has 0 unspecified atom stereocenters. The number of aromatic hydroxyl groups is 1. The standard InChI is InChI=1S/C13H15NO3/c1-2-5-11-10-7-4-3-6-9(10)8-12(13(11)15)14(16)17/h2,8,15H,1,3-7H2. The number of nitro groups is 1. The summed E-state index contributed by atoms with van der Waals surface area (Å²) >= 11 is 0. The van der Waals surface area contributed by atoms with Crippen LogP contribution in [0, 0.1) is 10.1 Å². The van der Waals surface area contributed by atoms with Gasteiger partial charge in [0.25, 0.3) is 0 Å². The number of phenolic OH excluding ortho intramolecular Hbond substituents is 1. The van der Waals surface area contributed by atoms with Gasteiger partial charge >= 0.3 is 5.69 Å². The molecule has 0 spiro atoms. The molecule has 0 aliphatic heterocycles. The maximum Gasteiger partial charge on any atom is 0.311 e. The summed E-state index contributed by atoms with van der Waals surface area (Å²) in [6.45, 7) is 3.64. The number of aryl methyl sites for hydroxylation is 1. The monoisotopic (exact) mass is 233 g/mol. The highest BCUT2D eigenvalue weighted by atomic mass is 16.6. The van der Waals surface area contributed by atoms with Crippen LogP contribution >= 0.6 is 0 Å². The summed E-state index contributed by atoms with van der Waals surface area (Å²) in [5.41, 5.74) is 2.60.